The molecule has 0 unspecified atom stereocenters. The highest BCUT2D eigenvalue weighted by atomic mass is 35.5. The van der Waals surface area contributed by atoms with Gasteiger partial charge in [0.15, 0.2) is 0 Å². The van der Waals surface area contributed by atoms with Gasteiger partial charge < -0.3 is 19.7 Å². The molecule has 0 aliphatic carbocycles. The molecule has 2 heterocycles. The molecule has 12 heteroatoms. The number of carbonyl (C=O) groups is 1. The predicted octanol–water partition coefficient (Wildman–Crippen LogP) is 5.88. The highest BCUT2D eigenvalue weighted by Crippen LogP contribution is 2.36. The predicted molar refractivity (Wildman–Crippen MR) is 120 cm³/mol. The number of benzene rings is 2. The fourth-order valence-corrected chi connectivity index (χ4v) is 4.06. The zero-order valence-electron chi connectivity index (χ0n) is 17.4. The first-order chi connectivity index (χ1) is 16.2. The van der Waals surface area contributed by atoms with E-state index in [4.69, 9.17) is 32.7 Å². The summed E-state index contributed by atoms with van der Waals surface area (Å²) in [5, 5.41) is 19.2. The van der Waals surface area contributed by atoms with Crippen molar-refractivity contribution in [3.05, 3.63) is 69.5 Å². The van der Waals surface area contributed by atoms with Crippen LogP contribution in [0.2, 0.25) is 10.0 Å². The molecule has 0 saturated heterocycles. The van der Waals surface area contributed by atoms with E-state index in [0.29, 0.717) is 23.6 Å². The maximum absolute atomic E-state index is 12.8. The highest BCUT2D eigenvalue weighted by molar-refractivity contribution is 6.32. The molecule has 0 bridgehead atoms. The molecule has 2 N–H and O–H groups in total. The minimum Gasteiger partial charge on any atom is -0.418 e. The number of alkyl halides is 3. The van der Waals surface area contributed by atoms with Crippen molar-refractivity contribution in [2.24, 2.45) is 0 Å². The summed E-state index contributed by atoms with van der Waals surface area (Å²) in [7, 11) is 0. The number of aliphatic hydroxyl groups is 1. The molecule has 34 heavy (non-hydrogen) atoms. The average molecular weight is 513 g/mol. The smallest absolute Gasteiger partial charge is 0.417 e. The summed E-state index contributed by atoms with van der Waals surface area (Å²) in [5.41, 5.74) is 1.55. The molecule has 4 rings (SSSR count). The number of anilines is 1. The third-order valence-corrected chi connectivity index (χ3v) is 5.81. The number of urea groups is 1. The fraction of sp³-hybridized carbons (Fsp3) is 0.227. The van der Waals surface area contributed by atoms with Crippen molar-refractivity contribution in [1.82, 2.24) is 15.1 Å². The van der Waals surface area contributed by atoms with Crippen LogP contribution in [0.25, 0.3) is 17.0 Å². The number of hydrogen-bond donors (Lipinski definition) is 2. The Bertz CT molecular complexity index is 1260. The van der Waals surface area contributed by atoms with Crippen molar-refractivity contribution in [1.29, 1.82) is 0 Å². The van der Waals surface area contributed by atoms with Crippen LogP contribution in [-0.4, -0.2) is 39.3 Å². The van der Waals surface area contributed by atoms with E-state index in [1.807, 2.05) is 12.1 Å². The van der Waals surface area contributed by atoms with Gasteiger partial charge in [-0.05, 0) is 47.9 Å². The summed E-state index contributed by atoms with van der Waals surface area (Å²) in [6, 6.07) is 7.87. The van der Waals surface area contributed by atoms with Crippen molar-refractivity contribution in [3.63, 3.8) is 0 Å². The third-order valence-electron chi connectivity index (χ3n) is 5.19. The summed E-state index contributed by atoms with van der Waals surface area (Å²) in [6.45, 7) is 0.312. The topological polar surface area (TPSA) is 91.5 Å². The van der Waals surface area contributed by atoms with Crippen molar-refractivity contribution in [3.8, 4) is 11.5 Å². The summed E-state index contributed by atoms with van der Waals surface area (Å²) < 4.78 is 43.9. The number of halogens is 5. The minimum absolute atomic E-state index is 0.0992. The van der Waals surface area contributed by atoms with E-state index in [1.54, 1.807) is 12.1 Å². The summed E-state index contributed by atoms with van der Waals surface area (Å²) >= 11 is 12.2. The molecule has 0 radical (unpaired) electrons. The molecule has 0 atom stereocenters. The van der Waals surface area contributed by atoms with Crippen LogP contribution in [-0.2, 0) is 12.8 Å². The number of nitrogens with zero attached hydrogens (tertiary/aromatic N) is 3. The van der Waals surface area contributed by atoms with Gasteiger partial charge in [-0.2, -0.15) is 13.2 Å². The zero-order valence-corrected chi connectivity index (χ0v) is 18.9. The normalized spacial score (nSPS) is 14.2. The lowest BCUT2D eigenvalue weighted by atomic mass is 9.98. The Hall–Kier alpha value is -3.08. The van der Waals surface area contributed by atoms with Crippen LogP contribution in [0.5, 0.6) is 0 Å². The van der Waals surface area contributed by atoms with Gasteiger partial charge in [-0.25, -0.2) is 4.79 Å². The van der Waals surface area contributed by atoms with Crippen LogP contribution >= 0.6 is 23.2 Å². The van der Waals surface area contributed by atoms with Crippen LogP contribution in [0.3, 0.4) is 0 Å². The Morgan fingerprint density at radius 1 is 1.15 bits per heavy atom. The van der Waals surface area contributed by atoms with E-state index < -0.39 is 22.8 Å². The van der Waals surface area contributed by atoms with Gasteiger partial charge in [0, 0.05) is 29.4 Å². The number of carbonyl (C=O) groups excluding carboxylic acids is 1. The van der Waals surface area contributed by atoms with E-state index in [0.717, 1.165) is 29.3 Å². The molecule has 7 nitrogen and oxygen atoms in total. The molecule has 3 aromatic rings. The van der Waals surface area contributed by atoms with E-state index in [2.05, 4.69) is 15.5 Å². The van der Waals surface area contributed by atoms with Gasteiger partial charge >= 0.3 is 12.2 Å². The lowest BCUT2D eigenvalue weighted by Crippen LogP contribution is -2.37. The van der Waals surface area contributed by atoms with Crippen LogP contribution < -0.4 is 5.32 Å². The molecule has 1 aromatic heterocycles. The third kappa shape index (κ3) is 5.19. The maximum atomic E-state index is 12.8. The highest BCUT2D eigenvalue weighted by Gasteiger charge is 2.33. The Kier molecular flexibility index (Phi) is 6.83. The molecular formula is C22H17Cl2F3N4O3. The number of aromatic nitrogens is 2. The quantitative estimate of drug-likeness (QED) is 0.455. The molecule has 0 spiro atoms. The van der Waals surface area contributed by atoms with Crippen molar-refractivity contribution in [2.45, 2.75) is 19.2 Å². The van der Waals surface area contributed by atoms with Crippen LogP contribution in [0.15, 0.2) is 46.9 Å². The molecule has 0 saturated carbocycles. The average Bonchev–Trinajstić information content (AvgIpc) is 3.28. The largest absolute Gasteiger partial charge is 0.418 e. The first-order valence-corrected chi connectivity index (χ1v) is 10.8. The lowest BCUT2D eigenvalue weighted by molar-refractivity contribution is -0.137. The number of rotatable bonds is 4. The number of hydrogen-bond acceptors (Lipinski definition) is 5. The number of nitrogens with one attached hydrogen (secondary N) is 1. The van der Waals surface area contributed by atoms with Gasteiger partial charge in [0.05, 0.1) is 10.6 Å². The monoisotopic (exact) mass is 512 g/mol. The first-order valence-electron chi connectivity index (χ1n) is 10.0. The second-order valence-corrected chi connectivity index (χ2v) is 8.22. The van der Waals surface area contributed by atoms with Crippen LogP contribution in [0.4, 0.5) is 23.7 Å². The number of amides is 2. The second kappa shape index (κ2) is 9.65. The zero-order chi connectivity index (χ0) is 24.5. The molecule has 0 fully saturated rings. The standard InChI is InChI=1S/C22H17Cl2F3N4O3/c23-17-9-13(20-30-29-19(11-32)34-20)1-3-15(17)12-5-7-31(8-6-12)21(33)28-14-2-4-16(18(24)10-14)22(25,26)27/h1-5,9-10,32H,6-8,11H2,(H,28,33). The lowest BCUT2D eigenvalue weighted by Gasteiger charge is -2.27. The van der Waals surface area contributed by atoms with E-state index in [-0.39, 0.29) is 30.6 Å². The van der Waals surface area contributed by atoms with Gasteiger partial charge in [0.25, 0.3) is 0 Å². The summed E-state index contributed by atoms with van der Waals surface area (Å²) in [6.07, 6.45) is -2.18. The van der Waals surface area contributed by atoms with E-state index in [9.17, 15) is 18.0 Å². The van der Waals surface area contributed by atoms with E-state index >= 15 is 0 Å². The van der Waals surface area contributed by atoms with Gasteiger partial charge in [-0.3, -0.25) is 0 Å². The van der Waals surface area contributed by atoms with Crippen molar-refractivity contribution < 1.29 is 27.5 Å². The summed E-state index contributed by atoms with van der Waals surface area (Å²) in [5.74, 6) is 0.337. The van der Waals surface area contributed by atoms with Crippen LogP contribution in [0.1, 0.15) is 23.4 Å². The summed E-state index contributed by atoms with van der Waals surface area (Å²) in [4.78, 5) is 14.1. The van der Waals surface area contributed by atoms with Crippen LogP contribution in [0, 0.1) is 0 Å². The van der Waals surface area contributed by atoms with E-state index in [1.165, 1.54) is 4.90 Å². The molecule has 178 valence electrons. The maximum Gasteiger partial charge on any atom is 0.417 e. The molecule has 2 aromatic carbocycles. The minimum atomic E-state index is -4.57. The van der Waals surface area contributed by atoms with Gasteiger partial charge in [0.1, 0.15) is 6.61 Å². The van der Waals surface area contributed by atoms with Crippen molar-refractivity contribution >= 4 is 40.5 Å². The molecule has 1 aliphatic heterocycles. The molecule has 2 amide bonds. The van der Waals surface area contributed by atoms with Gasteiger partial charge in [-0.1, -0.05) is 35.3 Å². The Morgan fingerprint density at radius 2 is 1.94 bits per heavy atom. The molecular weight excluding hydrogens is 496 g/mol. The first kappa shape index (κ1) is 24.1. The van der Waals surface area contributed by atoms with Gasteiger partial charge in [0.2, 0.25) is 11.8 Å². The SMILES string of the molecule is O=C(Nc1ccc(C(F)(F)F)c(Cl)c1)N1CC=C(c2ccc(-c3nnc(CO)o3)cc2Cl)CC1. The Balaban J connectivity index is 1.42. The fourth-order valence-electron chi connectivity index (χ4n) is 3.47. The van der Waals surface area contributed by atoms with Crippen molar-refractivity contribution in [2.75, 3.05) is 18.4 Å². The van der Waals surface area contributed by atoms with Gasteiger partial charge in [-0.15, -0.1) is 10.2 Å². The Morgan fingerprint density at radius 3 is 2.53 bits per heavy atom. The number of aliphatic hydroxyl groups excluding tert-OH is 1. The second-order valence-electron chi connectivity index (χ2n) is 7.40. The Labute approximate surface area is 201 Å². The molecule has 1 aliphatic rings.